The number of hydrogen-bond donors (Lipinski definition) is 1. The SMILES string of the molecule is COc1ncccc1C(N)CC1CC2CCC1C2. The lowest BCUT2D eigenvalue weighted by atomic mass is 9.83. The molecule has 0 aliphatic heterocycles. The number of rotatable bonds is 4. The molecular weight excluding hydrogens is 224 g/mol. The largest absolute Gasteiger partial charge is 0.481 e. The van der Waals surface area contributed by atoms with E-state index in [0.29, 0.717) is 5.88 Å². The highest BCUT2D eigenvalue weighted by Crippen LogP contribution is 2.50. The van der Waals surface area contributed by atoms with Crippen molar-refractivity contribution < 1.29 is 4.74 Å². The number of fused-ring (bicyclic) bond motifs is 2. The van der Waals surface area contributed by atoms with Gasteiger partial charge in [-0.2, -0.15) is 0 Å². The first-order valence-corrected chi connectivity index (χ1v) is 7.02. The number of pyridine rings is 1. The fraction of sp³-hybridized carbons (Fsp3) is 0.667. The van der Waals surface area contributed by atoms with Crippen LogP contribution in [0.25, 0.3) is 0 Å². The summed E-state index contributed by atoms with van der Waals surface area (Å²) in [6.45, 7) is 0. The summed E-state index contributed by atoms with van der Waals surface area (Å²) in [5, 5.41) is 0. The molecule has 1 aromatic rings. The van der Waals surface area contributed by atoms with Crippen LogP contribution in [0.15, 0.2) is 18.3 Å². The average Bonchev–Trinajstić information content (AvgIpc) is 3.01. The third kappa shape index (κ3) is 2.12. The molecule has 98 valence electrons. The molecule has 2 saturated carbocycles. The fourth-order valence-electron chi connectivity index (χ4n) is 3.97. The van der Waals surface area contributed by atoms with Crippen molar-refractivity contribution in [2.45, 2.75) is 38.1 Å². The minimum absolute atomic E-state index is 0.0676. The summed E-state index contributed by atoms with van der Waals surface area (Å²) in [4.78, 5) is 4.24. The van der Waals surface area contributed by atoms with Crippen LogP contribution >= 0.6 is 0 Å². The van der Waals surface area contributed by atoms with Gasteiger partial charge in [-0.15, -0.1) is 0 Å². The molecule has 4 atom stereocenters. The summed E-state index contributed by atoms with van der Waals surface area (Å²) in [6.07, 6.45) is 8.55. The lowest BCUT2D eigenvalue weighted by Gasteiger charge is -2.25. The van der Waals surface area contributed by atoms with Gasteiger partial charge in [0.25, 0.3) is 0 Å². The first-order valence-electron chi connectivity index (χ1n) is 7.02. The second-order valence-electron chi connectivity index (χ2n) is 5.88. The predicted octanol–water partition coefficient (Wildman–Crippen LogP) is 2.92. The fourth-order valence-corrected chi connectivity index (χ4v) is 3.97. The van der Waals surface area contributed by atoms with Crippen LogP contribution in [0.4, 0.5) is 0 Å². The number of nitrogens with zero attached hydrogens (tertiary/aromatic N) is 1. The molecule has 0 radical (unpaired) electrons. The number of aromatic nitrogens is 1. The number of nitrogens with two attached hydrogens (primary N) is 1. The monoisotopic (exact) mass is 246 g/mol. The lowest BCUT2D eigenvalue weighted by molar-refractivity contribution is 0.292. The average molecular weight is 246 g/mol. The van der Waals surface area contributed by atoms with E-state index in [1.165, 1.54) is 25.7 Å². The maximum absolute atomic E-state index is 6.36. The topological polar surface area (TPSA) is 48.1 Å². The molecule has 18 heavy (non-hydrogen) atoms. The van der Waals surface area contributed by atoms with Gasteiger partial charge in [-0.1, -0.05) is 12.5 Å². The van der Waals surface area contributed by atoms with E-state index in [2.05, 4.69) is 4.98 Å². The van der Waals surface area contributed by atoms with Crippen LogP contribution < -0.4 is 10.5 Å². The molecule has 2 N–H and O–H groups in total. The van der Waals surface area contributed by atoms with Crippen molar-refractivity contribution in [3.63, 3.8) is 0 Å². The van der Waals surface area contributed by atoms with E-state index in [0.717, 1.165) is 29.7 Å². The van der Waals surface area contributed by atoms with Crippen LogP contribution in [-0.2, 0) is 0 Å². The van der Waals surface area contributed by atoms with Crippen molar-refractivity contribution in [3.8, 4) is 5.88 Å². The van der Waals surface area contributed by atoms with Crippen molar-refractivity contribution in [1.29, 1.82) is 0 Å². The first-order chi connectivity index (χ1) is 8.78. The maximum atomic E-state index is 6.36. The summed E-state index contributed by atoms with van der Waals surface area (Å²) < 4.78 is 5.30. The van der Waals surface area contributed by atoms with E-state index < -0.39 is 0 Å². The van der Waals surface area contributed by atoms with Gasteiger partial charge in [0.05, 0.1) is 7.11 Å². The highest BCUT2D eigenvalue weighted by Gasteiger charge is 2.40. The second kappa shape index (κ2) is 4.88. The molecule has 3 nitrogen and oxygen atoms in total. The van der Waals surface area contributed by atoms with Gasteiger partial charge in [-0.3, -0.25) is 0 Å². The van der Waals surface area contributed by atoms with E-state index in [1.54, 1.807) is 13.3 Å². The van der Waals surface area contributed by atoms with E-state index in [4.69, 9.17) is 10.5 Å². The summed E-state index contributed by atoms with van der Waals surface area (Å²) in [6, 6.07) is 4.06. The molecule has 1 heterocycles. The molecule has 0 aromatic carbocycles. The Labute approximate surface area is 109 Å². The molecule has 0 amide bonds. The van der Waals surface area contributed by atoms with Crippen LogP contribution in [0.2, 0.25) is 0 Å². The zero-order chi connectivity index (χ0) is 12.5. The second-order valence-corrected chi connectivity index (χ2v) is 5.88. The third-order valence-electron chi connectivity index (χ3n) is 4.83. The maximum Gasteiger partial charge on any atom is 0.217 e. The highest BCUT2D eigenvalue weighted by molar-refractivity contribution is 5.28. The van der Waals surface area contributed by atoms with Gasteiger partial charge >= 0.3 is 0 Å². The lowest BCUT2D eigenvalue weighted by Crippen LogP contribution is -2.20. The highest BCUT2D eigenvalue weighted by atomic mass is 16.5. The zero-order valence-electron chi connectivity index (χ0n) is 11.0. The van der Waals surface area contributed by atoms with E-state index in [1.807, 2.05) is 12.1 Å². The predicted molar refractivity (Wildman–Crippen MR) is 71.3 cm³/mol. The van der Waals surface area contributed by atoms with Crippen LogP contribution in [0.3, 0.4) is 0 Å². The Hall–Kier alpha value is -1.09. The Morgan fingerprint density at radius 2 is 2.33 bits per heavy atom. The van der Waals surface area contributed by atoms with Gasteiger partial charge in [0, 0.05) is 17.8 Å². The first kappa shape index (κ1) is 12.0. The summed E-state index contributed by atoms with van der Waals surface area (Å²) >= 11 is 0. The van der Waals surface area contributed by atoms with Crippen LogP contribution in [0, 0.1) is 17.8 Å². The molecule has 1 aromatic heterocycles. The zero-order valence-corrected chi connectivity index (χ0v) is 11.0. The van der Waals surface area contributed by atoms with Crippen LogP contribution in [0.1, 0.15) is 43.7 Å². The molecule has 2 aliphatic carbocycles. The Bertz CT molecular complexity index is 421. The van der Waals surface area contributed by atoms with Gasteiger partial charge in [0.15, 0.2) is 0 Å². The van der Waals surface area contributed by atoms with Crippen molar-refractivity contribution in [1.82, 2.24) is 4.98 Å². The normalized spacial score (nSPS) is 31.6. The summed E-state index contributed by atoms with van der Waals surface area (Å²) in [7, 11) is 1.66. The number of ether oxygens (including phenoxy) is 1. The van der Waals surface area contributed by atoms with Crippen molar-refractivity contribution in [3.05, 3.63) is 23.9 Å². The standard InChI is InChI=1S/C15H22N2O/c1-18-15-13(3-2-6-17-15)14(16)9-12-8-10-4-5-11(12)7-10/h2-3,6,10-12,14H,4-5,7-9,16H2,1H3. The van der Waals surface area contributed by atoms with Crippen molar-refractivity contribution >= 4 is 0 Å². The van der Waals surface area contributed by atoms with E-state index >= 15 is 0 Å². The summed E-state index contributed by atoms with van der Waals surface area (Å²) in [5.41, 5.74) is 7.42. The number of hydrogen-bond acceptors (Lipinski definition) is 3. The Balaban J connectivity index is 1.69. The smallest absolute Gasteiger partial charge is 0.217 e. The quantitative estimate of drug-likeness (QED) is 0.888. The van der Waals surface area contributed by atoms with Gasteiger partial charge < -0.3 is 10.5 Å². The molecule has 2 aliphatic rings. The molecule has 0 saturated heterocycles. The van der Waals surface area contributed by atoms with E-state index in [-0.39, 0.29) is 6.04 Å². The van der Waals surface area contributed by atoms with Crippen molar-refractivity contribution in [2.75, 3.05) is 7.11 Å². The van der Waals surface area contributed by atoms with Crippen molar-refractivity contribution in [2.24, 2.45) is 23.5 Å². The molecule has 2 bridgehead atoms. The van der Waals surface area contributed by atoms with Gasteiger partial charge in [0.1, 0.15) is 0 Å². The third-order valence-corrected chi connectivity index (χ3v) is 4.83. The molecule has 2 fully saturated rings. The van der Waals surface area contributed by atoms with Gasteiger partial charge in [0.2, 0.25) is 5.88 Å². The molecule has 4 unspecified atom stereocenters. The Kier molecular flexibility index (Phi) is 3.25. The van der Waals surface area contributed by atoms with E-state index in [9.17, 15) is 0 Å². The van der Waals surface area contributed by atoms with Gasteiger partial charge in [-0.25, -0.2) is 4.98 Å². The van der Waals surface area contributed by atoms with Gasteiger partial charge in [-0.05, 0) is 49.5 Å². The molecule has 3 heteroatoms. The Morgan fingerprint density at radius 1 is 1.44 bits per heavy atom. The van der Waals surface area contributed by atoms with Crippen LogP contribution in [0.5, 0.6) is 5.88 Å². The molecule has 3 rings (SSSR count). The minimum Gasteiger partial charge on any atom is -0.481 e. The number of methoxy groups -OCH3 is 1. The Morgan fingerprint density at radius 3 is 3.00 bits per heavy atom. The summed E-state index contributed by atoms with van der Waals surface area (Å²) in [5.74, 6) is 3.43. The minimum atomic E-state index is 0.0676. The molecule has 0 spiro atoms. The van der Waals surface area contributed by atoms with Crippen LogP contribution in [-0.4, -0.2) is 12.1 Å². The molecular formula is C15H22N2O.